The first kappa shape index (κ1) is 47.7. The molecule has 0 unspecified atom stereocenters. The number of hydrogen-bond acceptors (Lipinski definition) is 4. The smallest absolute Gasteiger partial charge is 0.297 e. The van der Waals surface area contributed by atoms with Crippen LogP contribution in [0, 0.1) is 20.8 Å². The second-order valence-electron chi connectivity index (χ2n) is 25.2. The molecule has 0 fully saturated rings. The Morgan fingerprint density at radius 2 is 1.05 bits per heavy atom. The highest BCUT2D eigenvalue weighted by Crippen LogP contribution is 2.53. The van der Waals surface area contributed by atoms with Gasteiger partial charge in [0.2, 0.25) is 0 Å². The summed E-state index contributed by atoms with van der Waals surface area (Å²) < 4.78 is 7.69. The number of hydrogen-bond donors (Lipinski definition) is 0. The van der Waals surface area contributed by atoms with Crippen molar-refractivity contribution in [1.29, 1.82) is 0 Å². The maximum Gasteiger partial charge on any atom is 0.297 e. The van der Waals surface area contributed by atoms with Crippen molar-refractivity contribution in [2.24, 2.45) is 0 Å². The molecule has 1 aromatic heterocycles. The van der Waals surface area contributed by atoms with E-state index in [1.54, 1.807) is 0 Å². The second-order valence-corrected chi connectivity index (χ2v) is 25.2. The van der Waals surface area contributed by atoms with E-state index in [-0.39, 0.29) is 28.4 Å². The van der Waals surface area contributed by atoms with Gasteiger partial charge in [0.1, 0.15) is 5.58 Å². The normalized spacial score (nSPS) is 15.4. The van der Waals surface area contributed by atoms with E-state index in [1.807, 2.05) is 0 Å². The van der Waals surface area contributed by atoms with Crippen LogP contribution in [0.25, 0.3) is 22.1 Å². The van der Waals surface area contributed by atoms with Gasteiger partial charge in [0.15, 0.2) is 0 Å². The maximum absolute atomic E-state index is 7.69. The summed E-state index contributed by atoms with van der Waals surface area (Å²) in [6.45, 7) is 30.0. The molecule has 3 aliphatic rings. The molecule has 8 aromatic carbocycles. The Labute approximate surface area is 440 Å². The fourth-order valence-corrected chi connectivity index (χ4v) is 12.3. The second kappa shape index (κ2) is 16.9. The molecule has 0 spiro atoms. The summed E-state index contributed by atoms with van der Waals surface area (Å²) in [7, 11) is 0. The third kappa shape index (κ3) is 7.80. The Hall–Kier alpha value is -7.24. The lowest BCUT2D eigenvalue weighted by Crippen LogP contribution is -2.61. The van der Waals surface area contributed by atoms with Gasteiger partial charge in [0.25, 0.3) is 6.71 Å². The zero-order chi connectivity index (χ0) is 51.8. The van der Waals surface area contributed by atoms with Gasteiger partial charge in [-0.3, -0.25) is 0 Å². The van der Waals surface area contributed by atoms with E-state index in [0.717, 1.165) is 63.9 Å². The van der Waals surface area contributed by atoms with Gasteiger partial charge in [-0.1, -0.05) is 159 Å². The Morgan fingerprint density at radius 3 is 1.65 bits per heavy atom. The Bertz CT molecular complexity index is 3620. The van der Waals surface area contributed by atoms with Crippen LogP contribution in [-0.4, -0.2) is 6.71 Å². The monoisotopic (exact) mass is 968 g/mol. The third-order valence-corrected chi connectivity index (χ3v) is 16.8. The molecule has 370 valence electrons. The van der Waals surface area contributed by atoms with Crippen molar-refractivity contribution >= 4 is 85.5 Å². The maximum atomic E-state index is 7.69. The number of aryl methyl sites for hydroxylation is 3. The van der Waals surface area contributed by atoms with Crippen LogP contribution in [0.2, 0.25) is 0 Å². The van der Waals surface area contributed by atoms with Gasteiger partial charge < -0.3 is 19.1 Å². The predicted octanol–water partition coefficient (Wildman–Crippen LogP) is 17.5. The quantitative estimate of drug-likeness (QED) is 0.155. The van der Waals surface area contributed by atoms with Crippen molar-refractivity contribution in [1.82, 2.24) is 0 Å². The summed E-state index contributed by atoms with van der Waals surface area (Å²) in [5.74, 6) is 0. The molecule has 4 nitrogen and oxygen atoms in total. The highest BCUT2D eigenvalue weighted by molar-refractivity contribution is 7.00. The molecule has 0 N–H and O–H groups in total. The Balaban J connectivity index is 1.19. The van der Waals surface area contributed by atoms with Crippen LogP contribution in [0.3, 0.4) is 0 Å². The van der Waals surface area contributed by atoms with Gasteiger partial charge in [0, 0.05) is 50.8 Å². The number of furan rings is 1. The molecule has 0 saturated carbocycles. The molecule has 0 amide bonds. The van der Waals surface area contributed by atoms with Crippen molar-refractivity contribution in [2.45, 2.75) is 125 Å². The molecule has 0 atom stereocenters. The summed E-state index contributed by atoms with van der Waals surface area (Å²) in [4.78, 5) is 7.56. The lowest BCUT2D eigenvalue weighted by molar-refractivity contribution is 0.332. The first-order chi connectivity index (χ1) is 35.2. The fraction of sp³-hybridized carbons (Fsp3) is 0.275. The lowest BCUT2D eigenvalue weighted by Gasteiger charge is -2.44. The number of benzene rings is 8. The van der Waals surface area contributed by atoms with Crippen LogP contribution in [0.1, 0.15) is 121 Å². The van der Waals surface area contributed by atoms with E-state index in [1.165, 1.54) is 77.8 Å². The minimum Gasteiger partial charge on any atom is -0.468 e. The Kier molecular flexibility index (Phi) is 10.9. The summed E-state index contributed by atoms with van der Waals surface area (Å²) in [5, 5.41) is 1.17. The molecule has 74 heavy (non-hydrogen) atoms. The van der Waals surface area contributed by atoms with Crippen LogP contribution in [0.5, 0.6) is 0 Å². The van der Waals surface area contributed by atoms with Crippen LogP contribution in [0.15, 0.2) is 168 Å². The Morgan fingerprint density at radius 1 is 0.500 bits per heavy atom. The van der Waals surface area contributed by atoms with Gasteiger partial charge >= 0.3 is 0 Å². The number of anilines is 9. The molecule has 0 radical (unpaired) electrons. The van der Waals surface area contributed by atoms with E-state index in [9.17, 15) is 0 Å². The van der Waals surface area contributed by atoms with Crippen LogP contribution < -0.4 is 31.3 Å². The van der Waals surface area contributed by atoms with Gasteiger partial charge in [-0.05, 0) is 185 Å². The highest BCUT2D eigenvalue weighted by atomic mass is 16.3. The average molecular weight is 968 g/mol. The molecule has 5 heteroatoms. The SMILES string of the molecule is Cc1ccc(N(c2ccc(C)cc2)c2ccc3c(c2)N(c2ccc(C(C)(C)C)cc2)c2cc(C)cc4c2B3c2oc3cc5c(cc3c2N4c2ccc(C(C)(C)C)cc2-c2ccccc2)C(C)(C)CCC5(C)C)cc1. The first-order valence-electron chi connectivity index (χ1n) is 26.9. The molecular formula is C69H70BN3O. The first-order valence-corrected chi connectivity index (χ1v) is 26.9. The van der Waals surface area contributed by atoms with Gasteiger partial charge in [-0.15, -0.1) is 0 Å². The van der Waals surface area contributed by atoms with Gasteiger partial charge in [-0.25, -0.2) is 0 Å². The zero-order valence-corrected chi connectivity index (χ0v) is 45.8. The van der Waals surface area contributed by atoms with E-state index < -0.39 is 0 Å². The zero-order valence-electron chi connectivity index (χ0n) is 45.8. The summed E-state index contributed by atoms with van der Waals surface area (Å²) in [5.41, 5.74) is 26.1. The largest absolute Gasteiger partial charge is 0.468 e. The minimum absolute atomic E-state index is 0.00250. The fourth-order valence-electron chi connectivity index (χ4n) is 12.3. The standard InChI is InChI=1S/C69H70BN3O/c1-43-19-26-49(27-20-43)71(50-28-21-44(2)22-29-50)52-32-33-57-59(40-52)72(51-30-23-47(24-31-51)66(4,5)6)60-37-45(3)38-61-63(60)70(57)65-64(54-41-55-56(42-62(54)74-65)69(12,13)36-35-68(55,10)11)73(61)58-34-25-48(67(7,8)9)39-53(58)46-17-15-14-16-18-46/h14-34,37-42H,35-36H2,1-13H3. The molecule has 0 bridgehead atoms. The highest BCUT2D eigenvalue weighted by Gasteiger charge is 2.48. The molecule has 9 aromatic rings. The van der Waals surface area contributed by atoms with Crippen molar-refractivity contribution in [3.63, 3.8) is 0 Å². The van der Waals surface area contributed by atoms with Gasteiger partial charge in [0.05, 0.1) is 17.0 Å². The molecular weight excluding hydrogens is 898 g/mol. The number of fused-ring (bicyclic) bond motifs is 7. The molecule has 1 aliphatic carbocycles. The van der Waals surface area contributed by atoms with Crippen molar-refractivity contribution < 1.29 is 4.42 Å². The molecule has 0 saturated heterocycles. The van der Waals surface area contributed by atoms with Crippen molar-refractivity contribution in [2.75, 3.05) is 14.7 Å². The topological polar surface area (TPSA) is 22.9 Å². The summed E-state index contributed by atoms with van der Waals surface area (Å²) in [6, 6.07) is 62.4. The third-order valence-electron chi connectivity index (χ3n) is 16.8. The van der Waals surface area contributed by atoms with E-state index in [4.69, 9.17) is 4.42 Å². The van der Waals surface area contributed by atoms with Crippen LogP contribution in [0.4, 0.5) is 51.2 Å². The summed E-state index contributed by atoms with van der Waals surface area (Å²) >= 11 is 0. The average Bonchev–Trinajstić information content (AvgIpc) is 3.74. The van der Waals surface area contributed by atoms with E-state index >= 15 is 0 Å². The van der Waals surface area contributed by atoms with Gasteiger partial charge in [-0.2, -0.15) is 0 Å². The molecule has 2 aliphatic heterocycles. The number of rotatable bonds is 6. The lowest BCUT2D eigenvalue weighted by atomic mass is 9.35. The van der Waals surface area contributed by atoms with Crippen LogP contribution >= 0.6 is 0 Å². The number of nitrogens with zero attached hydrogens (tertiary/aromatic N) is 3. The molecule has 3 heterocycles. The van der Waals surface area contributed by atoms with Crippen LogP contribution in [-0.2, 0) is 21.7 Å². The van der Waals surface area contributed by atoms with E-state index in [0.29, 0.717) is 0 Å². The molecule has 12 rings (SSSR count). The van der Waals surface area contributed by atoms with Crippen molar-refractivity contribution in [3.8, 4) is 11.1 Å². The minimum atomic E-state index is -0.201. The summed E-state index contributed by atoms with van der Waals surface area (Å²) in [6.07, 6.45) is 2.26. The predicted molar refractivity (Wildman–Crippen MR) is 317 cm³/mol. The van der Waals surface area contributed by atoms with E-state index in [2.05, 4.69) is 269 Å². The van der Waals surface area contributed by atoms with Crippen molar-refractivity contribution in [3.05, 3.63) is 203 Å².